The van der Waals surface area contributed by atoms with Crippen LogP contribution in [0.15, 0.2) is 10.2 Å². The minimum Gasteiger partial charge on any atom is -0.444 e. The predicted octanol–water partition coefficient (Wildman–Crippen LogP) is 2.73. The fourth-order valence-electron chi connectivity index (χ4n) is 2.18. The lowest BCUT2D eigenvalue weighted by molar-refractivity contribution is 0.00740. The molecular formula is C12H19N3O3S. The van der Waals surface area contributed by atoms with Crippen molar-refractivity contribution in [2.75, 3.05) is 13.1 Å². The fraction of sp³-hybridized carbons (Fsp3) is 0.833. The lowest BCUT2D eigenvalue weighted by Gasteiger charge is -2.34. The van der Waals surface area contributed by atoms with E-state index in [-0.39, 0.29) is 23.4 Å². The summed E-state index contributed by atoms with van der Waals surface area (Å²) >= 11 is 4.83. The van der Waals surface area contributed by atoms with Gasteiger partial charge in [0.25, 0.3) is 0 Å². The number of hydrogen-bond donors (Lipinski definition) is 0. The molecule has 0 N–H and O–H groups in total. The summed E-state index contributed by atoms with van der Waals surface area (Å²) in [6, 6.07) is 0. The van der Waals surface area contributed by atoms with Crippen molar-refractivity contribution in [3.05, 3.63) is 0 Å². The van der Waals surface area contributed by atoms with Crippen LogP contribution in [-0.4, -0.2) is 41.1 Å². The highest BCUT2D eigenvalue weighted by Crippen LogP contribution is 2.26. The van der Waals surface area contributed by atoms with Gasteiger partial charge >= 0.3 is 11.3 Å². The van der Waals surface area contributed by atoms with E-state index in [1.807, 2.05) is 20.8 Å². The summed E-state index contributed by atoms with van der Waals surface area (Å²) in [6.07, 6.45) is 1.23. The predicted molar refractivity (Wildman–Crippen MR) is 72.9 cm³/mol. The molecule has 0 aromatic heterocycles. The van der Waals surface area contributed by atoms with Crippen molar-refractivity contribution in [2.45, 2.75) is 45.4 Å². The molecule has 7 heteroatoms. The van der Waals surface area contributed by atoms with Gasteiger partial charge in [-0.25, -0.2) is 4.79 Å². The average Bonchev–Trinajstić information content (AvgIpc) is 2.74. The summed E-state index contributed by atoms with van der Waals surface area (Å²) in [5, 5.41) is 7.89. The molecule has 0 spiro atoms. The van der Waals surface area contributed by atoms with Gasteiger partial charge in [0, 0.05) is 19.0 Å². The molecule has 2 unspecified atom stereocenters. The second-order valence-electron chi connectivity index (χ2n) is 5.82. The normalized spacial score (nSPS) is 27.3. The third kappa shape index (κ3) is 3.86. The SMILES string of the molecule is CC(C)(C)OC(=O)N1CCCC(C2N=NC(=S)O2)C1. The molecule has 1 amide bonds. The first-order chi connectivity index (χ1) is 8.85. The molecule has 2 rings (SSSR count). The molecule has 2 atom stereocenters. The first-order valence-corrected chi connectivity index (χ1v) is 6.85. The van der Waals surface area contributed by atoms with Crippen molar-refractivity contribution in [3.8, 4) is 0 Å². The minimum absolute atomic E-state index is 0.130. The molecule has 0 saturated carbocycles. The summed E-state index contributed by atoms with van der Waals surface area (Å²) in [6.45, 7) is 6.86. The minimum atomic E-state index is -0.477. The van der Waals surface area contributed by atoms with Gasteiger partial charge in [-0.3, -0.25) is 0 Å². The maximum Gasteiger partial charge on any atom is 0.410 e. The molecule has 2 heterocycles. The molecule has 106 valence electrons. The van der Waals surface area contributed by atoms with E-state index in [1.165, 1.54) is 0 Å². The number of amides is 1. The Kier molecular flexibility index (Phi) is 4.03. The maximum absolute atomic E-state index is 12.0. The molecule has 0 aromatic carbocycles. The number of thiocarbonyl (C=S) groups is 1. The van der Waals surface area contributed by atoms with Gasteiger partial charge in [0.15, 0.2) is 0 Å². The summed E-state index contributed by atoms with van der Waals surface area (Å²) in [4.78, 5) is 13.7. The van der Waals surface area contributed by atoms with E-state index in [1.54, 1.807) is 4.90 Å². The number of ether oxygens (including phenoxy) is 2. The molecule has 0 radical (unpaired) electrons. The van der Waals surface area contributed by atoms with Crippen LogP contribution in [0.25, 0.3) is 0 Å². The molecule has 1 saturated heterocycles. The van der Waals surface area contributed by atoms with Crippen molar-refractivity contribution in [2.24, 2.45) is 16.1 Å². The highest BCUT2D eigenvalue weighted by molar-refractivity contribution is 7.80. The molecule has 0 bridgehead atoms. The summed E-state index contributed by atoms with van der Waals surface area (Å²) in [5.74, 6) is 0.130. The Morgan fingerprint density at radius 3 is 2.84 bits per heavy atom. The van der Waals surface area contributed by atoms with Crippen LogP contribution in [0.2, 0.25) is 0 Å². The first kappa shape index (κ1) is 14.2. The lowest BCUT2D eigenvalue weighted by Crippen LogP contribution is -2.45. The highest BCUT2D eigenvalue weighted by Gasteiger charge is 2.34. The van der Waals surface area contributed by atoms with Crippen molar-refractivity contribution >= 4 is 23.5 Å². The van der Waals surface area contributed by atoms with E-state index >= 15 is 0 Å². The van der Waals surface area contributed by atoms with Crippen molar-refractivity contribution in [1.82, 2.24) is 4.90 Å². The van der Waals surface area contributed by atoms with Crippen molar-refractivity contribution in [3.63, 3.8) is 0 Å². The zero-order chi connectivity index (χ0) is 14.0. The number of piperidine rings is 1. The van der Waals surface area contributed by atoms with Gasteiger partial charge in [-0.1, -0.05) is 0 Å². The van der Waals surface area contributed by atoms with Crippen LogP contribution in [0.1, 0.15) is 33.6 Å². The molecule has 2 aliphatic rings. The van der Waals surface area contributed by atoms with Gasteiger partial charge < -0.3 is 14.4 Å². The molecule has 19 heavy (non-hydrogen) atoms. The number of carbonyl (C=O) groups excluding carboxylic acids is 1. The molecule has 1 fully saturated rings. The van der Waals surface area contributed by atoms with E-state index in [2.05, 4.69) is 10.2 Å². The number of azo groups is 1. The second kappa shape index (κ2) is 5.40. The van der Waals surface area contributed by atoms with Crippen LogP contribution in [0.3, 0.4) is 0 Å². The smallest absolute Gasteiger partial charge is 0.410 e. The summed E-state index contributed by atoms with van der Waals surface area (Å²) in [5.41, 5.74) is -0.477. The highest BCUT2D eigenvalue weighted by atomic mass is 32.1. The Morgan fingerprint density at radius 1 is 1.53 bits per heavy atom. The van der Waals surface area contributed by atoms with Crippen LogP contribution in [-0.2, 0) is 9.47 Å². The summed E-state index contributed by atoms with van der Waals surface area (Å²) in [7, 11) is 0. The standard InChI is InChI=1S/C12H19N3O3S/c1-12(2,3)18-11(16)15-6-4-5-8(7-15)9-13-14-10(19)17-9/h8-9H,4-7H2,1-3H3. The fourth-order valence-corrected chi connectivity index (χ4v) is 2.33. The molecule has 2 aliphatic heterocycles. The Morgan fingerprint density at radius 2 is 2.26 bits per heavy atom. The quantitative estimate of drug-likeness (QED) is 0.695. The van der Waals surface area contributed by atoms with Crippen LogP contribution in [0.4, 0.5) is 4.79 Å². The zero-order valence-electron chi connectivity index (χ0n) is 11.5. The van der Waals surface area contributed by atoms with Gasteiger partial charge in [0.1, 0.15) is 5.60 Å². The molecule has 0 aliphatic carbocycles. The number of carbonyl (C=O) groups is 1. The summed E-state index contributed by atoms with van der Waals surface area (Å²) < 4.78 is 10.7. The monoisotopic (exact) mass is 285 g/mol. The van der Waals surface area contributed by atoms with E-state index in [0.717, 1.165) is 12.8 Å². The van der Waals surface area contributed by atoms with Crippen molar-refractivity contribution < 1.29 is 14.3 Å². The van der Waals surface area contributed by atoms with E-state index in [0.29, 0.717) is 13.1 Å². The van der Waals surface area contributed by atoms with Crippen LogP contribution in [0, 0.1) is 5.92 Å². The van der Waals surface area contributed by atoms with E-state index in [4.69, 9.17) is 21.7 Å². The molecule has 6 nitrogen and oxygen atoms in total. The van der Waals surface area contributed by atoms with E-state index < -0.39 is 5.60 Å². The largest absolute Gasteiger partial charge is 0.444 e. The number of rotatable bonds is 1. The van der Waals surface area contributed by atoms with Gasteiger partial charge in [-0.2, -0.15) is 0 Å². The molecule has 0 aromatic rings. The first-order valence-electron chi connectivity index (χ1n) is 6.44. The zero-order valence-corrected chi connectivity index (χ0v) is 12.3. The van der Waals surface area contributed by atoms with Crippen LogP contribution < -0.4 is 0 Å². The third-order valence-corrected chi connectivity index (χ3v) is 3.17. The molecular weight excluding hydrogens is 266 g/mol. The van der Waals surface area contributed by atoms with Gasteiger partial charge in [-0.15, -0.1) is 10.2 Å². The second-order valence-corrected chi connectivity index (χ2v) is 6.17. The van der Waals surface area contributed by atoms with Gasteiger partial charge in [0.05, 0.1) is 0 Å². The van der Waals surface area contributed by atoms with E-state index in [9.17, 15) is 4.79 Å². The topological polar surface area (TPSA) is 63.5 Å². The number of likely N-dealkylation sites (tertiary alicyclic amines) is 1. The third-order valence-electron chi connectivity index (χ3n) is 2.99. The Labute approximate surface area is 118 Å². The van der Waals surface area contributed by atoms with Crippen LogP contribution in [0.5, 0.6) is 0 Å². The maximum atomic E-state index is 12.0. The Balaban J connectivity index is 1.92. The Hall–Kier alpha value is -1.24. The van der Waals surface area contributed by atoms with Crippen molar-refractivity contribution in [1.29, 1.82) is 0 Å². The number of hydrogen-bond acceptors (Lipinski definition) is 5. The number of nitrogens with zero attached hydrogens (tertiary/aromatic N) is 3. The Bertz CT molecular complexity index is 406. The van der Waals surface area contributed by atoms with Crippen LogP contribution >= 0.6 is 12.2 Å². The lowest BCUT2D eigenvalue weighted by atomic mass is 9.97. The van der Waals surface area contributed by atoms with Gasteiger partial charge in [-0.05, 0) is 45.8 Å². The average molecular weight is 285 g/mol. The van der Waals surface area contributed by atoms with Gasteiger partial charge in [0.2, 0.25) is 6.23 Å².